The molecule has 0 saturated heterocycles. The van der Waals surface area contributed by atoms with Crippen molar-refractivity contribution >= 4 is 17.4 Å². The summed E-state index contributed by atoms with van der Waals surface area (Å²) in [4.78, 5) is 18.6. The highest BCUT2D eigenvalue weighted by molar-refractivity contribution is 5.94. The lowest BCUT2D eigenvalue weighted by Crippen LogP contribution is -2.27. The second kappa shape index (κ2) is 8.45. The summed E-state index contributed by atoms with van der Waals surface area (Å²) >= 11 is 0. The van der Waals surface area contributed by atoms with Gasteiger partial charge in [0.15, 0.2) is 0 Å². The van der Waals surface area contributed by atoms with Gasteiger partial charge in [0.25, 0.3) is 5.91 Å². The Morgan fingerprint density at radius 3 is 2.71 bits per heavy atom. The third kappa shape index (κ3) is 5.35. The number of anilines is 2. The molecule has 0 aliphatic heterocycles. The average Bonchev–Trinajstić information content (AvgIpc) is 2.55. The maximum atomic E-state index is 12.2. The van der Waals surface area contributed by atoms with Crippen molar-refractivity contribution in [1.82, 2.24) is 15.2 Å². The molecule has 1 amide bonds. The van der Waals surface area contributed by atoms with Crippen LogP contribution in [0, 0.1) is 13.8 Å². The summed E-state index contributed by atoms with van der Waals surface area (Å²) in [6, 6.07) is 9.73. The highest BCUT2D eigenvalue weighted by atomic mass is 16.1. The average molecular weight is 326 g/mol. The van der Waals surface area contributed by atoms with E-state index in [1.165, 1.54) is 5.56 Å². The fourth-order valence-electron chi connectivity index (χ4n) is 2.35. The van der Waals surface area contributed by atoms with E-state index in [0.717, 1.165) is 24.2 Å². The standard InChI is InChI=1S/C19H26N4O/c1-14-6-7-15(2)17(12-14)22-18-13-16(8-10-20-18)19(24)21-9-5-11-23(3)4/h6-8,10,12-13H,5,9,11H2,1-4H3,(H,20,22)(H,21,24). The lowest BCUT2D eigenvalue weighted by molar-refractivity contribution is 0.0952. The molecule has 5 nitrogen and oxygen atoms in total. The van der Waals surface area contributed by atoms with E-state index in [1.807, 2.05) is 21.0 Å². The molecular weight excluding hydrogens is 300 g/mol. The molecule has 0 radical (unpaired) electrons. The van der Waals surface area contributed by atoms with Crippen LogP contribution in [0.5, 0.6) is 0 Å². The summed E-state index contributed by atoms with van der Waals surface area (Å²) in [6.45, 7) is 5.72. The smallest absolute Gasteiger partial charge is 0.251 e. The number of benzene rings is 1. The Labute approximate surface area is 144 Å². The predicted octanol–water partition coefficient (Wildman–Crippen LogP) is 3.12. The third-order valence-electron chi connectivity index (χ3n) is 3.75. The summed E-state index contributed by atoms with van der Waals surface area (Å²) < 4.78 is 0. The summed E-state index contributed by atoms with van der Waals surface area (Å²) in [5.41, 5.74) is 3.94. The Kier molecular flexibility index (Phi) is 6.32. The van der Waals surface area contributed by atoms with Crippen LogP contribution >= 0.6 is 0 Å². The minimum Gasteiger partial charge on any atom is -0.352 e. The minimum absolute atomic E-state index is 0.0693. The molecule has 24 heavy (non-hydrogen) atoms. The van der Waals surface area contributed by atoms with Gasteiger partial charge in [-0.3, -0.25) is 4.79 Å². The van der Waals surface area contributed by atoms with Crippen LogP contribution in [-0.4, -0.2) is 43.0 Å². The predicted molar refractivity (Wildman–Crippen MR) is 98.9 cm³/mol. The summed E-state index contributed by atoms with van der Waals surface area (Å²) in [5.74, 6) is 0.602. The van der Waals surface area contributed by atoms with E-state index in [9.17, 15) is 4.79 Å². The number of pyridine rings is 1. The molecule has 1 aromatic heterocycles. The molecule has 2 N–H and O–H groups in total. The Hall–Kier alpha value is -2.40. The topological polar surface area (TPSA) is 57.3 Å². The van der Waals surface area contributed by atoms with Crippen LogP contribution in [0.4, 0.5) is 11.5 Å². The van der Waals surface area contributed by atoms with E-state index in [1.54, 1.807) is 18.3 Å². The van der Waals surface area contributed by atoms with Crippen molar-refractivity contribution in [2.24, 2.45) is 0 Å². The zero-order chi connectivity index (χ0) is 17.5. The number of rotatable bonds is 7. The van der Waals surface area contributed by atoms with Gasteiger partial charge in [0, 0.05) is 24.0 Å². The van der Waals surface area contributed by atoms with Gasteiger partial charge < -0.3 is 15.5 Å². The lowest BCUT2D eigenvalue weighted by atomic mass is 10.1. The van der Waals surface area contributed by atoms with Gasteiger partial charge in [-0.15, -0.1) is 0 Å². The highest BCUT2D eigenvalue weighted by Crippen LogP contribution is 2.21. The molecule has 0 spiro atoms. The first-order valence-corrected chi connectivity index (χ1v) is 8.19. The lowest BCUT2D eigenvalue weighted by Gasteiger charge is -2.12. The van der Waals surface area contributed by atoms with Crippen LogP contribution < -0.4 is 10.6 Å². The summed E-state index contributed by atoms with van der Waals surface area (Å²) in [6.07, 6.45) is 2.58. The monoisotopic (exact) mass is 326 g/mol. The molecule has 128 valence electrons. The SMILES string of the molecule is Cc1ccc(C)c(Nc2cc(C(=O)NCCCN(C)C)ccn2)c1. The van der Waals surface area contributed by atoms with Crippen molar-refractivity contribution in [3.63, 3.8) is 0 Å². The van der Waals surface area contributed by atoms with Crippen molar-refractivity contribution in [2.75, 3.05) is 32.5 Å². The van der Waals surface area contributed by atoms with Gasteiger partial charge in [-0.2, -0.15) is 0 Å². The molecule has 2 aromatic rings. The van der Waals surface area contributed by atoms with Crippen molar-refractivity contribution < 1.29 is 4.79 Å². The fraction of sp³-hybridized carbons (Fsp3) is 0.368. The van der Waals surface area contributed by atoms with Crippen molar-refractivity contribution in [3.8, 4) is 0 Å². The van der Waals surface area contributed by atoms with Gasteiger partial charge in [0.1, 0.15) is 5.82 Å². The molecule has 0 bridgehead atoms. The van der Waals surface area contributed by atoms with E-state index < -0.39 is 0 Å². The van der Waals surface area contributed by atoms with Gasteiger partial charge in [0.2, 0.25) is 0 Å². The van der Waals surface area contributed by atoms with Gasteiger partial charge in [-0.25, -0.2) is 4.98 Å². The quantitative estimate of drug-likeness (QED) is 0.768. The Balaban J connectivity index is 2.00. The molecule has 1 heterocycles. The van der Waals surface area contributed by atoms with E-state index in [-0.39, 0.29) is 5.91 Å². The number of carbonyl (C=O) groups excluding carboxylic acids is 1. The molecule has 0 fully saturated rings. The number of amides is 1. The number of nitrogens with one attached hydrogen (secondary N) is 2. The first kappa shape index (κ1) is 17.9. The van der Waals surface area contributed by atoms with Crippen LogP contribution in [0.15, 0.2) is 36.5 Å². The summed E-state index contributed by atoms with van der Waals surface area (Å²) in [7, 11) is 4.05. The van der Waals surface area contributed by atoms with Gasteiger partial charge >= 0.3 is 0 Å². The van der Waals surface area contributed by atoms with Gasteiger partial charge in [0.05, 0.1) is 0 Å². The normalized spacial score (nSPS) is 10.7. The molecular formula is C19H26N4O. The zero-order valence-corrected chi connectivity index (χ0v) is 14.9. The first-order chi connectivity index (χ1) is 11.5. The molecule has 5 heteroatoms. The highest BCUT2D eigenvalue weighted by Gasteiger charge is 2.07. The van der Waals surface area contributed by atoms with Crippen LogP contribution in [0.25, 0.3) is 0 Å². The third-order valence-corrected chi connectivity index (χ3v) is 3.75. The molecule has 0 atom stereocenters. The number of hydrogen-bond donors (Lipinski definition) is 2. The van der Waals surface area contributed by atoms with Crippen LogP contribution in [-0.2, 0) is 0 Å². The number of carbonyl (C=O) groups is 1. The summed E-state index contributed by atoms with van der Waals surface area (Å²) in [5, 5.41) is 6.24. The van der Waals surface area contributed by atoms with Gasteiger partial charge in [-0.05, 0) is 70.2 Å². The van der Waals surface area contributed by atoms with Crippen LogP contribution in [0.1, 0.15) is 27.9 Å². The second-order valence-corrected chi connectivity index (χ2v) is 6.29. The van der Waals surface area contributed by atoms with E-state index in [0.29, 0.717) is 17.9 Å². The molecule has 0 aliphatic carbocycles. The molecule has 0 unspecified atom stereocenters. The Morgan fingerprint density at radius 1 is 1.17 bits per heavy atom. The minimum atomic E-state index is -0.0693. The number of aromatic nitrogens is 1. The second-order valence-electron chi connectivity index (χ2n) is 6.29. The Morgan fingerprint density at radius 2 is 1.96 bits per heavy atom. The molecule has 1 aromatic carbocycles. The Bertz CT molecular complexity index is 698. The van der Waals surface area contributed by atoms with E-state index in [4.69, 9.17) is 0 Å². The maximum absolute atomic E-state index is 12.2. The van der Waals surface area contributed by atoms with Crippen LogP contribution in [0.2, 0.25) is 0 Å². The number of nitrogens with zero attached hydrogens (tertiary/aromatic N) is 2. The molecule has 2 rings (SSSR count). The zero-order valence-electron chi connectivity index (χ0n) is 14.9. The van der Waals surface area contributed by atoms with Gasteiger partial charge in [-0.1, -0.05) is 12.1 Å². The molecule has 0 saturated carbocycles. The van der Waals surface area contributed by atoms with Crippen molar-refractivity contribution in [2.45, 2.75) is 20.3 Å². The molecule has 0 aliphatic rings. The number of hydrogen-bond acceptors (Lipinski definition) is 4. The largest absolute Gasteiger partial charge is 0.352 e. The van der Waals surface area contributed by atoms with E-state index >= 15 is 0 Å². The fourth-order valence-corrected chi connectivity index (χ4v) is 2.35. The maximum Gasteiger partial charge on any atom is 0.251 e. The number of aryl methyl sites for hydroxylation is 2. The van der Waals surface area contributed by atoms with Crippen LogP contribution in [0.3, 0.4) is 0 Å². The van der Waals surface area contributed by atoms with Crippen molar-refractivity contribution in [3.05, 3.63) is 53.2 Å². The van der Waals surface area contributed by atoms with Crippen molar-refractivity contribution in [1.29, 1.82) is 0 Å². The first-order valence-electron chi connectivity index (χ1n) is 8.19. The van der Waals surface area contributed by atoms with E-state index in [2.05, 4.69) is 45.6 Å².